The van der Waals surface area contributed by atoms with Gasteiger partial charge in [0.15, 0.2) is 0 Å². The average molecular weight is 190 g/mol. The van der Waals surface area contributed by atoms with Crippen molar-refractivity contribution < 1.29 is 0 Å². The van der Waals surface area contributed by atoms with Crippen molar-refractivity contribution in [3.8, 4) is 6.07 Å². The number of hydrogen-bond acceptors (Lipinski definition) is 3. The zero-order valence-corrected chi connectivity index (χ0v) is 8.32. The SMILES string of the molecule is Cc1[nH]cnc1C(C#N)N1CCCC1. The van der Waals surface area contributed by atoms with Crippen molar-refractivity contribution in [3.63, 3.8) is 0 Å². The molecule has 0 aromatic carbocycles. The molecular formula is C10H14N4. The highest BCUT2D eigenvalue weighted by Gasteiger charge is 2.25. The molecule has 1 fully saturated rings. The fourth-order valence-corrected chi connectivity index (χ4v) is 1.96. The summed E-state index contributed by atoms with van der Waals surface area (Å²) in [5.41, 5.74) is 1.89. The van der Waals surface area contributed by atoms with Gasteiger partial charge < -0.3 is 4.98 Å². The first-order valence-electron chi connectivity index (χ1n) is 4.96. The largest absolute Gasteiger partial charge is 0.348 e. The van der Waals surface area contributed by atoms with Crippen LogP contribution in [-0.2, 0) is 0 Å². The summed E-state index contributed by atoms with van der Waals surface area (Å²) in [7, 11) is 0. The molecule has 4 heteroatoms. The topological polar surface area (TPSA) is 55.7 Å². The highest BCUT2D eigenvalue weighted by atomic mass is 15.2. The fourth-order valence-electron chi connectivity index (χ4n) is 1.96. The molecule has 1 aliphatic rings. The summed E-state index contributed by atoms with van der Waals surface area (Å²) in [4.78, 5) is 9.43. The number of imidazole rings is 1. The van der Waals surface area contributed by atoms with Crippen LogP contribution in [0.2, 0.25) is 0 Å². The van der Waals surface area contributed by atoms with Crippen molar-refractivity contribution in [2.45, 2.75) is 25.8 Å². The van der Waals surface area contributed by atoms with E-state index in [1.165, 1.54) is 12.8 Å². The van der Waals surface area contributed by atoms with E-state index >= 15 is 0 Å². The van der Waals surface area contributed by atoms with Crippen molar-refractivity contribution in [2.75, 3.05) is 13.1 Å². The quantitative estimate of drug-likeness (QED) is 0.766. The molecule has 2 rings (SSSR count). The van der Waals surface area contributed by atoms with Crippen molar-refractivity contribution in [2.24, 2.45) is 0 Å². The zero-order valence-electron chi connectivity index (χ0n) is 8.32. The number of aromatic amines is 1. The van der Waals surface area contributed by atoms with Crippen LogP contribution in [0.15, 0.2) is 6.33 Å². The van der Waals surface area contributed by atoms with Crippen molar-refractivity contribution in [3.05, 3.63) is 17.7 Å². The molecule has 0 aliphatic carbocycles. The monoisotopic (exact) mass is 190 g/mol. The molecule has 1 aromatic heterocycles. The van der Waals surface area contributed by atoms with Gasteiger partial charge in [0.1, 0.15) is 6.04 Å². The van der Waals surface area contributed by atoms with Gasteiger partial charge in [0, 0.05) is 5.69 Å². The molecule has 0 radical (unpaired) electrons. The van der Waals surface area contributed by atoms with E-state index in [-0.39, 0.29) is 6.04 Å². The molecule has 0 saturated carbocycles. The number of nitrogens with zero attached hydrogens (tertiary/aromatic N) is 3. The minimum Gasteiger partial charge on any atom is -0.348 e. The van der Waals surface area contributed by atoms with Crippen LogP contribution in [0.25, 0.3) is 0 Å². The van der Waals surface area contributed by atoms with E-state index in [0.717, 1.165) is 24.5 Å². The van der Waals surface area contributed by atoms with Gasteiger partial charge in [0.25, 0.3) is 0 Å². The lowest BCUT2D eigenvalue weighted by molar-refractivity contribution is 0.289. The van der Waals surface area contributed by atoms with Crippen LogP contribution in [0, 0.1) is 18.3 Å². The summed E-state index contributed by atoms with van der Waals surface area (Å²) in [5, 5.41) is 9.14. The predicted molar refractivity (Wildman–Crippen MR) is 52.5 cm³/mol. The Labute approximate surface area is 83.6 Å². The van der Waals surface area contributed by atoms with Crippen molar-refractivity contribution >= 4 is 0 Å². The molecule has 2 heterocycles. The highest BCUT2D eigenvalue weighted by Crippen LogP contribution is 2.24. The van der Waals surface area contributed by atoms with Crippen LogP contribution in [0.3, 0.4) is 0 Å². The molecule has 0 spiro atoms. The second-order valence-electron chi connectivity index (χ2n) is 3.69. The second-order valence-corrected chi connectivity index (χ2v) is 3.69. The first kappa shape index (κ1) is 9.22. The van der Waals surface area contributed by atoms with Crippen LogP contribution in [-0.4, -0.2) is 28.0 Å². The molecular weight excluding hydrogens is 176 g/mol. The van der Waals surface area contributed by atoms with Gasteiger partial charge in [-0.25, -0.2) is 4.98 Å². The van der Waals surface area contributed by atoms with Crippen LogP contribution in [0.5, 0.6) is 0 Å². The van der Waals surface area contributed by atoms with Gasteiger partial charge in [-0.05, 0) is 32.9 Å². The van der Waals surface area contributed by atoms with Crippen LogP contribution >= 0.6 is 0 Å². The van der Waals surface area contributed by atoms with Gasteiger partial charge >= 0.3 is 0 Å². The van der Waals surface area contributed by atoms with E-state index in [0.29, 0.717) is 0 Å². The number of rotatable bonds is 2. The predicted octanol–water partition coefficient (Wildman–Crippen LogP) is 1.38. The number of nitrogens with one attached hydrogen (secondary N) is 1. The van der Waals surface area contributed by atoms with E-state index in [2.05, 4.69) is 20.9 Å². The highest BCUT2D eigenvalue weighted by molar-refractivity contribution is 5.20. The maximum atomic E-state index is 9.14. The third-order valence-electron chi connectivity index (χ3n) is 2.76. The second kappa shape index (κ2) is 3.81. The van der Waals surface area contributed by atoms with Crippen molar-refractivity contribution in [1.29, 1.82) is 5.26 Å². The Morgan fingerprint density at radius 1 is 1.57 bits per heavy atom. The van der Waals surface area contributed by atoms with Crippen LogP contribution in [0.1, 0.15) is 30.3 Å². The molecule has 0 amide bonds. The number of nitriles is 1. The number of aryl methyl sites for hydroxylation is 1. The molecule has 1 unspecified atom stereocenters. The first-order chi connectivity index (χ1) is 6.83. The molecule has 4 nitrogen and oxygen atoms in total. The Morgan fingerprint density at radius 3 is 2.79 bits per heavy atom. The zero-order chi connectivity index (χ0) is 9.97. The molecule has 0 bridgehead atoms. The third kappa shape index (κ3) is 1.51. The number of hydrogen-bond donors (Lipinski definition) is 1. The van der Waals surface area contributed by atoms with E-state index in [4.69, 9.17) is 5.26 Å². The normalized spacial score (nSPS) is 19.4. The Hall–Kier alpha value is -1.34. The maximum absolute atomic E-state index is 9.14. The molecule has 1 aromatic rings. The van der Waals surface area contributed by atoms with Crippen LogP contribution in [0.4, 0.5) is 0 Å². The standard InChI is InChI=1S/C10H14N4/c1-8-10(13-7-12-8)9(6-11)14-4-2-3-5-14/h7,9H,2-5H2,1H3,(H,12,13). The molecule has 1 saturated heterocycles. The Morgan fingerprint density at radius 2 is 2.29 bits per heavy atom. The average Bonchev–Trinajstić information content (AvgIpc) is 2.80. The number of H-pyrrole nitrogens is 1. The first-order valence-corrected chi connectivity index (χ1v) is 4.96. The van der Waals surface area contributed by atoms with Gasteiger partial charge in [0.05, 0.1) is 18.1 Å². The number of aromatic nitrogens is 2. The smallest absolute Gasteiger partial charge is 0.142 e. The molecule has 14 heavy (non-hydrogen) atoms. The summed E-state index contributed by atoms with van der Waals surface area (Å²) in [6.45, 7) is 4.00. The lowest BCUT2D eigenvalue weighted by Gasteiger charge is -2.19. The summed E-state index contributed by atoms with van der Waals surface area (Å²) in [6.07, 6.45) is 4.05. The van der Waals surface area contributed by atoms with Gasteiger partial charge in [-0.3, -0.25) is 4.90 Å². The lowest BCUT2D eigenvalue weighted by atomic mass is 10.2. The Bertz CT molecular complexity index is 343. The lowest BCUT2D eigenvalue weighted by Crippen LogP contribution is -2.25. The number of likely N-dealkylation sites (tertiary alicyclic amines) is 1. The summed E-state index contributed by atoms with van der Waals surface area (Å²) in [5.74, 6) is 0. The van der Waals surface area contributed by atoms with Gasteiger partial charge in [0.2, 0.25) is 0 Å². The van der Waals surface area contributed by atoms with E-state index in [1.807, 2.05) is 6.92 Å². The van der Waals surface area contributed by atoms with Crippen LogP contribution < -0.4 is 0 Å². The summed E-state index contributed by atoms with van der Waals surface area (Å²) >= 11 is 0. The molecule has 74 valence electrons. The minimum absolute atomic E-state index is 0.163. The Kier molecular flexibility index (Phi) is 2.51. The summed E-state index contributed by atoms with van der Waals surface area (Å²) < 4.78 is 0. The molecule has 1 aliphatic heterocycles. The van der Waals surface area contributed by atoms with E-state index in [9.17, 15) is 0 Å². The van der Waals surface area contributed by atoms with Gasteiger partial charge in [-0.1, -0.05) is 0 Å². The molecule has 1 atom stereocenters. The minimum atomic E-state index is -0.163. The van der Waals surface area contributed by atoms with E-state index in [1.54, 1.807) is 6.33 Å². The van der Waals surface area contributed by atoms with E-state index < -0.39 is 0 Å². The summed E-state index contributed by atoms with van der Waals surface area (Å²) in [6, 6.07) is 2.17. The van der Waals surface area contributed by atoms with Gasteiger partial charge in [-0.15, -0.1) is 0 Å². The third-order valence-corrected chi connectivity index (χ3v) is 2.76. The van der Waals surface area contributed by atoms with Crippen molar-refractivity contribution in [1.82, 2.24) is 14.9 Å². The van der Waals surface area contributed by atoms with Gasteiger partial charge in [-0.2, -0.15) is 5.26 Å². The Balaban J connectivity index is 2.22. The molecule has 1 N–H and O–H groups in total. The maximum Gasteiger partial charge on any atom is 0.142 e. The fraction of sp³-hybridized carbons (Fsp3) is 0.600.